The Balaban J connectivity index is 1.95. The number of aromatic nitrogens is 2. The standard InChI is InChI=1S/C11H15N3O2S/c1-2-15-7-9(12)11-13-10(16-14-11)6-8-4-3-5-17-8/h3-5,9H,2,6-7,12H2,1H3. The second kappa shape index (κ2) is 5.90. The van der Waals surface area contributed by atoms with Crippen LogP contribution in [0.5, 0.6) is 0 Å². The first-order valence-electron chi connectivity index (χ1n) is 5.47. The Kier molecular flexibility index (Phi) is 4.24. The third-order valence-corrected chi connectivity index (χ3v) is 3.10. The van der Waals surface area contributed by atoms with Gasteiger partial charge in [0.1, 0.15) is 0 Å². The van der Waals surface area contributed by atoms with Crippen molar-refractivity contribution in [1.29, 1.82) is 0 Å². The summed E-state index contributed by atoms with van der Waals surface area (Å²) in [5, 5.41) is 5.88. The van der Waals surface area contributed by atoms with Gasteiger partial charge in [-0.05, 0) is 18.4 Å². The highest BCUT2D eigenvalue weighted by molar-refractivity contribution is 7.09. The van der Waals surface area contributed by atoms with Crippen molar-refractivity contribution in [3.8, 4) is 0 Å². The van der Waals surface area contributed by atoms with Gasteiger partial charge in [-0.1, -0.05) is 11.2 Å². The van der Waals surface area contributed by atoms with E-state index in [4.69, 9.17) is 15.0 Å². The molecule has 0 fully saturated rings. The van der Waals surface area contributed by atoms with Crippen LogP contribution in [0.2, 0.25) is 0 Å². The van der Waals surface area contributed by atoms with Gasteiger partial charge in [0.15, 0.2) is 5.82 Å². The highest BCUT2D eigenvalue weighted by Crippen LogP contribution is 2.14. The van der Waals surface area contributed by atoms with Crippen molar-refractivity contribution >= 4 is 11.3 Å². The summed E-state index contributed by atoms with van der Waals surface area (Å²) >= 11 is 1.67. The molecule has 5 nitrogen and oxygen atoms in total. The minimum atomic E-state index is -0.323. The van der Waals surface area contributed by atoms with Crippen LogP contribution < -0.4 is 5.73 Å². The molecule has 0 aliphatic carbocycles. The maximum Gasteiger partial charge on any atom is 0.231 e. The van der Waals surface area contributed by atoms with Crippen LogP contribution in [-0.4, -0.2) is 23.4 Å². The van der Waals surface area contributed by atoms with E-state index >= 15 is 0 Å². The monoisotopic (exact) mass is 253 g/mol. The number of nitrogens with two attached hydrogens (primary N) is 1. The van der Waals surface area contributed by atoms with Crippen molar-refractivity contribution in [2.45, 2.75) is 19.4 Å². The highest BCUT2D eigenvalue weighted by atomic mass is 32.1. The van der Waals surface area contributed by atoms with Crippen molar-refractivity contribution < 1.29 is 9.26 Å². The number of rotatable bonds is 6. The molecule has 0 bridgehead atoms. The van der Waals surface area contributed by atoms with Crippen LogP contribution in [0.3, 0.4) is 0 Å². The molecule has 2 aromatic heterocycles. The topological polar surface area (TPSA) is 74.2 Å². The zero-order valence-electron chi connectivity index (χ0n) is 9.63. The molecule has 0 amide bonds. The minimum Gasteiger partial charge on any atom is -0.380 e. The van der Waals surface area contributed by atoms with Crippen LogP contribution in [0.4, 0.5) is 0 Å². The average Bonchev–Trinajstić information content (AvgIpc) is 2.98. The first kappa shape index (κ1) is 12.2. The van der Waals surface area contributed by atoms with E-state index < -0.39 is 0 Å². The summed E-state index contributed by atoms with van der Waals surface area (Å²) in [5.41, 5.74) is 5.86. The van der Waals surface area contributed by atoms with E-state index in [0.29, 0.717) is 31.3 Å². The second-order valence-electron chi connectivity index (χ2n) is 3.57. The Hall–Kier alpha value is -1.24. The third kappa shape index (κ3) is 3.36. The average molecular weight is 253 g/mol. The SMILES string of the molecule is CCOCC(N)c1noc(Cc2cccs2)n1. The van der Waals surface area contributed by atoms with E-state index in [2.05, 4.69) is 10.1 Å². The lowest BCUT2D eigenvalue weighted by atomic mass is 10.3. The van der Waals surface area contributed by atoms with Crippen molar-refractivity contribution in [2.24, 2.45) is 5.73 Å². The van der Waals surface area contributed by atoms with Gasteiger partial charge in [-0.25, -0.2) is 0 Å². The van der Waals surface area contributed by atoms with Crippen molar-refractivity contribution in [2.75, 3.05) is 13.2 Å². The lowest BCUT2D eigenvalue weighted by molar-refractivity contribution is 0.130. The number of ether oxygens (including phenoxy) is 1. The van der Waals surface area contributed by atoms with Gasteiger partial charge in [0.05, 0.1) is 19.1 Å². The van der Waals surface area contributed by atoms with Gasteiger partial charge in [-0.3, -0.25) is 0 Å². The van der Waals surface area contributed by atoms with E-state index in [1.54, 1.807) is 11.3 Å². The van der Waals surface area contributed by atoms with Gasteiger partial charge in [0.25, 0.3) is 0 Å². The molecule has 2 heterocycles. The summed E-state index contributed by atoms with van der Waals surface area (Å²) in [7, 11) is 0. The summed E-state index contributed by atoms with van der Waals surface area (Å²) in [6, 6.07) is 3.71. The number of hydrogen-bond acceptors (Lipinski definition) is 6. The van der Waals surface area contributed by atoms with Gasteiger partial charge < -0.3 is 15.0 Å². The number of nitrogens with zero attached hydrogens (tertiary/aromatic N) is 2. The van der Waals surface area contributed by atoms with Crippen LogP contribution in [0.15, 0.2) is 22.0 Å². The van der Waals surface area contributed by atoms with Gasteiger partial charge in [0, 0.05) is 11.5 Å². The lowest BCUT2D eigenvalue weighted by Crippen LogP contribution is -2.18. The van der Waals surface area contributed by atoms with Crippen LogP contribution in [0, 0.1) is 0 Å². The van der Waals surface area contributed by atoms with E-state index in [1.165, 1.54) is 4.88 Å². The molecular weight excluding hydrogens is 238 g/mol. The van der Waals surface area contributed by atoms with E-state index in [0.717, 1.165) is 0 Å². The molecule has 1 unspecified atom stereocenters. The van der Waals surface area contributed by atoms with Gasteiger partial charge in [-0.15, -0.1) is 11.3 Å². The molecule has 1 atom stereocenters. The summed E-state index contributed by atoms with van der Waals surface area (Å²) in [5.74, 6) is 1.10. The minimum absolute atomic E-state index is 0.323. The number of thiophene rings is 1. The molecule has 0 spiro atoms. The van der Waals surface area contributed by atoms with Crippen LogP contribution in [0.1, 0.15) is 29.6 Å². The molecule has 0 aliphatic rings. The predicted molar refractivity (Wildman–Crippen MR) is 64.8 cm³/mol. The molecule has 0 aliphatic heterocycles. The van der Waals surface area contributed by atoms with Crippen LogP contribution >= 0.6 is 11.3 Å². The summed E-state index contributed by atoms with van der Waals surface area (Å²) in [4.78, 5) is 5.45. The molecule has 2 N–H and O–H groups in total. The summed E-state index contributed by atoms with van der Waals surface area (Å²) in [6.45, 7) is 2.97. The molecule has 6 heteroatoms. The zero-order chi connectivity index (χ0) is 12.1. The molecule has 2 rings (SSSR count). The molecule has 0 radical (unpaired) electrons. The Morgan fingerprint density at radius 1 is 1.59 bits per heavy atom. The first-order chi connectivity index (χ1) is 8.29. The first-order valence-corrected chi connectivity index (χ1v) is 6.35. The summed E-state index contributed by atoms with van der Waals surface area (Å²) in [6.07, 6.45) is 0.659. The smallest absolute Gasteiger partial charge is 0.231 e. The lowest BCUT2D eigenvalue weighted by Gasteiger charge is -2.05. The Labute approximate surface area is 104 Å². The number of hydrogen-bond donors (Lipinski definition) is 1. The maximum atomic E-state index is 5.86. The van der Waals surface area contributed by atoms with Crippen molar-refractivity contribution in [3.05, 3.63) is 34.1 Å². The van der Waals surface area contributed by atoms with Crippen molar-refractivity contribution in [3.63, 3.8) is 0 Å². The third-order valence-electron chi connectivity index (χ3n) is 2.22. The highest BCUT2D eigenvalue weighted by Gasteiger charge is 2.14. The molecule has 0 saturated carbocycles. The Morgan fingerprint density at radius 2 is 2.47 bits per heavy atom. The van der Waals surface area contributed by atoms with Gasteiger partial charge in [0.2, 0.25) is 5.89 Å². The van der Waals surface area contributed by atoms with Crippen molar-refractivity contribution in [1.82, 2.24) is 10.1 Å². The van der Waals surface area contributed by atoms with E-state index in [-0.39, 0.29) is 6.04 Å². The van der Waals surface area contributed by atoms with Gasteiger partial charge in [-0.2, -0.15) is 4.98 Å². The van der Waals surface area contributed by atoms with Crippen LogP contribution in [-0.2, 0) is 11.2 Å². The molecule has 0 aromatic carbocycles. The molecule has 17 heavy (non-hydrogen) atoms. The molecule has 0 saturated heterocycles. The quantitative estimate of drug-likeness (QED) is 0.849. The zero-order valence-corrected chi connectivity index (χ0v) is 10.4. The fourth-order valence-corrected chi connectivity index (χ4v) is 2.07. The Bertz CT molecular complexity index is 441. The largest absolute Gasteiger partial charge is 0.380 e. The molecule has 2 aromatic rings. The molecular formula is C11H15N3O2S. The fourth-order valence-electron chi connectivity index (χ4n) is 1.37. The fraction of sp³-hybridized carbons (Fsp3) is 0.455. The predicted octanol–water partition coefficient (Wildman–Crippen LogP) is 1.76. The van der Waals surface area contributed by atoms with E-state index in [1.807, 2.05) is 24.4 Å². The van der Waals surface area contributed by atoms with Gasteiger partial charge >= 0.3 is 0 Å². The van der Waals surface area contributed by atoms with E-state index in [9.17, 15) is 0 Å². The van der Waals surface area contributed by atoms with Crippen LogP contribution in [0.25, 0.3) is 0 Å². The molecule has 92 valence electrons. The normalized spacial score (nSPS) is 12.8. The Morgan fingerprint density at radius 3 is 3.18 bits per heavy atom. The second-order valence-corrected chi connectivity index (χ2v) is 4.60. The summed E-state index contributed by atoms with van der Waals surface area (Å²) < 4.78 is 10.4. The maximum absolute atomic E-state index is 5.86.